The van der Waals surface area contributed by atoms with Crippen molar-refractivity contribution in [3.8, 4) is 0 Å². The average Bonchev–Trinajstić information content (AvgIpc) is 2.36. The fraction of sp³-hybridized carbons (Fsp3) is 0.500. The molecule has 1 aliphatic heterocycles. The topological polar surface area (TPSA) is 62.3 Å². The third-order valence-electron chi connectivity index (χ3n) is 3.25. The smallest absolute Gasteiger partial charge is 0.126 e. The summed E-state index contributed by atoms with van der Waals surface area (Å²) in [6.45, 7) is 5.83. The molecule has 0 radical (unpaired) electrons. The van der Waals surface area contributed by atoms with Crippen LogP contribution in [0.15, 0.2) is 23.1 Å². The van der Waals surface area contributed by atoms with Gasteiger partial charge in [-0.25, -0.2) is 0 Å². The van der Waals surface area contributed by atoms with Crippen molar-refractivity contribution in [3.63, 3.8) is 0 Å². The molecule has 0 saturated carbocycles. The first kappa shape index (κ1) is 14.2. The van der Waals surface area contributed by atoms with Gasteiger partial charge in [0.05, 0.1) is 17.8 Å². The Labute approximate surface area is 118 Å². The molecule has 2 rings (SSSR count). The number of nitrogens with zero attached hydrogens (tertiary/aromatic N) is 1. The Morgan fingerprint density at radius 3 is 2.53 bits per heavy atom. The zero-order valence-electron chi connectivity index (χ0n) is 11.6. The van der Waals surface area contributed by atoms with Crippen LogP contribution in [-0.4, -0.2) is 37.4 Å². The standard InChI is InChI=1S/C14H21N3OS/c1-9-7-17(8-10(2)18-9)11-5-4-6-12(19-3)13(11)14(15)16/h4-6,9-10H,7-8H2,1-3H3,(H3,15,16)/t9-,10+. The van der Waals surface area contributed by atoms with Crippen LogP contribution in [0.2, 0.25) is 0 Å². The SMILES string of the molecule is CSc1cccc(N2C[C@@H](C)O[C@@H](C)C2)c1C(=N)N. The molecule has 1 aromatic carbocycles. The molecule has 1 aliphatic rings. The van der Waals surface area contributed by atoms with Crippen molar-refractivity contribution < 1.29 is 4.74 Å². The van der Waals surface area contributed by atoms with Gasteiger partial charge in [-0.2, -0.15) is 0 Å². The van der Waals surface area contributed by atoms with Crippen molar-refractivity contribution in [2.75, 3.05) is 24.2 Å². The Kier molecular flexibility index (Phi) is 4.37. The minimum atomic E-state index is 0.131. The normalized spacial score (nSPS) is 23.4. The highest BCUT2D eigenvalue weighted by molar-refractivity contribution is 7.98. The van der Waals surface area contributed by atoms with Crippen molar-refractivity contribution in [3.05, 3.63) is 23.8 Å². The van der Waals surface area contributed by atoms with Gasteiger partial charge < -0.3 is 15.4 Å². The third kappa shape index (κ3) is 3.04. The number of nitrogen functional groups attached to an aromatic ring is 1. The van der Waals surface area contributed by atoms with Gasteiger partial charge in [0.15, 0.2) is 0 Å². The Balaban J connectivity index is 2.41. The fourth-order valence-electron chi connectivity index (χ4n) is 2.60. The molecule has 5 heteroatoms. The Morgan fingerprint density at radius 1 is 1.37 bits per heavy atom. The highest BCUT2D eigenvalue weighted by atomic mass is 32.2. The van der Waals surface area contributed by atoms with E-state index in [4.69, 9.17) is 15.9 Å². The first-order chi connectivity index (χ1) is 9.02. The molecule has 0 bridgehead atoms. The van der Waals surface area contributed by atoms with Crippen LogP contribution in [0.3, 0.4) is 0 Å². The van der Waals surface area contributed by atoms with E-state index in [2.05, 4.69) is 18.7 Å². The summed E-state index contributed by atoms with van der Waals surface area (Å²) in [7, 11) is 0. The van der Waals surface area contributed by atoms with Crippen LogP contribution in [0, 0.1) is 5.41 Å². The average molecular weight is 279 g/mol. The minimum absolute atomic E-state index is 0.131. The van der Waals surface area contributed by atoms with Crippen molar-refractivity contribution in [1.29, 1.82) is 5.41 Å². The number of nitrogens with two attached hydrogens (primary N) is 1. The molecule has 4 nitrogen and oxygen atoms in total. The molecule has 104 valence electrons. The van der Waals surface area contributed by atoms with Crippen molar-refractivity contribution in [1.82, 2.24) is 0 Å². The predicted molar refractivity (Wildman–Crippen MR) is 81.5 cm³/mol. The van der Waals surface area contributed by atoms with Crippen molar-refractivity contribution in [2.45, 2.75) is 31.0 Å². The zero-order valence-corrected chi connectivity index (χ0v) is 12.5. The number of thioether (sulfide) groups is 1. The molecular weight excluding hydrogens is 258 g/mol. The molecule has 1 aromatic rings. The van der Waals surface area contributed by atoms with Crippen LogP contribution in [-0.2, 0) is 4.74 Å². The van der Waals surface area contributed by atoms with E-state index in [-0.39, 0.29) is 18.0 Å². The summed E-state index contributed by atoms with van der Waals surface area (Å²) >= 11 is 1.62. The molecular formula is C14H21N3OS. The van der Waals surface area contributed by atoms with Gasteiger partial charge in [-0.15, -0.1) is 11.8 Å². The monoisotopic (exact) mass is 279 g/mol. The van der Waals surface area contributed by atoms with E-state index in [9.17, 15) is 0 Å². The van der Waals surface area contributed by atoms with Crippen LogP contribution in [0.4, 0.5) is 5.69 Å². The number of hydrogen-bond acceptors (Lipinski definition) is 4. The fourth-order valence-corrected chi connectivity index (χ4v) is 3.23. The number of rotatable bonds is 3. The lowest BCUT2D eigenvalue weighted by molar-refractivity contribution is -0.00523. The third-order valence-corrected chi connectivity index (χ3v) is 4.03. The Hall–Kier alpha value is -1.20. The number of nitrogens with one attached hydrogen (secondary N) is 1. The molecule has 1 heterocycles. The molecule has 1 saturated heterocycles. The first-order valence-electron chi connectivity index (χ1n) is 6.44. The molecule has 3 N–H and O–H groups in total. The summed E-state index contributed by atoms with van der Waals surface area (Å²) in [6.07, 6.45) is 2.40. The summed E-state index contributed by atoms with van der Waals surface area (Å²) in [5.41, 5.74) is 7.67. The van der Waals surface area contributed by atoms with Gasteiger partial charge in [0.2, 0.25) is 0 Å². The quantitative estimate of drug-likeness (QED) is 0.506. The number of morpholine rings is 1. The molecule has 2 atom stereocenters. The molecule has 0 spiro atoms. The van der Waals surface area contributed by atoms with Crippen molar-refractivity contribution >= 4 is 23.3 Å². The maximum Gasteiger partial charge on any atom is 0.126 e. The lowest BCUT2D eigenvalue weighted by atomic mass is 10.1. The molecule has 0 aliphatic carbocycles. The predicted octanol–water partition coefficient (Wildman–Crippen LogP) is 2.31. The summed E-state index contributed by atoms with van der Waals surface area (Å²) in [6, 6.07) is 6.08. The van der Waals surface area contributed by atoms with Gasteiger partial charge >= 0.3 is 0 Å². The van der Waals surface area contributed by atoms with Crippen LogP contribution in [0.5, 0.6) is 0 Å². The van der Waals surface area contributed by atoms with Crippen LogP contribution in [0.1, 0.15) is 19.4 Å². The summed E-state index contributed by atoms with van der Waals surface area (Å²) in [5.74, 6) is 0.131. The molecule has 19 heavy (non-hydrogen) atoms. The number of benzene rings is 1. The van der Waals surface area contributed by atoms with E-state index < -0.39 is 0 Å². The summed E-state index contributed by atoms with van der Waals surface area (Å²) in [4.78, 5) is 3.33. The lowest BCUT2D eigenvalue weighted by Crippen LogP contribution is -2.46. The summed E-state index contributed by atoms with van der Waals surface area (Å²) in [5, 5.41) is 7.85. The van der Waals surface area contributed by atoms with Crippen LogP contribution >= 0.6 is 11.8 Å². The Morgan fingerprint density at radius 2 is 2.00 bits per heavy atom. The van der Waals surface area contributed by atoms with Crippen LogP contribution in [0.25, 0.3) is 0 Å². The number of anilines is 1. The lowest BCUT2D eigenvalue weighted by Gasteiger charge is -2.38. The number of ether oxygens (including phenoxy) is 1. The second-order valence-electron chi connectivity index (χ2n) is 4.93. The molecule has 0 aromatic heterocycles. The largest absolute Gasteiger partial charge is 0.384 e. The van der Waals surface area contributed by atoms with Gasteiger partial charge in [0, 0.05) is 23.7 Å². The van der Waals surface area contributed by atoms with E-state index in [0.29, 0.717) is 0 Å². The number of hydrogen-bond donors (Lipinski definition) is 2. The van der Waals surface area contributed by atoms with Crippen molar-refractivity contribution in [2.24, 2.45) is 5.73 Å². The van der Waals surface area contributed by atoms with Gasteiger partial charge in [0.25, 0.3) is 0 Å². The molecule has 0 unspecified atom stereocenters. The first-order valence-corrected chi connectivity index (χ1v) is 7.67. The Bertz CT molecular complexity index is 468. The second kappa shape index (κ2) is 5.84. The zero-order chi connectivity index (χ0) is 14.0. The maximum absolute atomic E-state index is 7.85. The van der Waals surface area contributed by atoms with Gasteiger partial charge in [-0.3, -0.25) is 5.41 Å². The van der Waals surface area contributed by atoms with E-state index >= 15 is 0 Å². The molecule has 1 fully saturated rings. The van der Waals surface area contributed by atoms with Gasteiger partial charge in [0.1, 0.15) is 5.84 Å². The highest BCUT2D eigenvalue weighted by Gasteiger charge is 2.25. The van der Waals surface area contributed by atoms with E-state index in [0.717, 1.165) is 29.2 Å². The maximum atomic E-state index is 7.85. The minimum Gasteiger partial charge on any atom is -0.384 e. The van der Waals surface area contributed by atoms with E-state index in [1.54, 1.807) is 11.8 Å². The van der Waals surface area contributed by atoms with Gasteiger partial charge in [-0.05, 0) is 32.2 Å². The van der Waals surface area contributed by atoms with E-state index in [1.807, 2.05) is 24.5 Å². The summed E-state index contributed by atoms with van der Waals surface area (Å²) < 4.78 is 5.76. The second-order valence-corrected chi connectivity index (χ2v) is 5.78. The highest BCUT2D eigenvalue weighted by Crippen LogP contribution is 2.31. The number of amidine groups is 1. The molecule has 0 amide bonds. The van der Waals surface area contributed by atoms with Gasteiger partial charge in [-0.1, -0.05) is 6.07 Å². The van der Waals surface area contributed by atoms with Crippen LogP contribution < -0.4 is 10.6 Å². The van der Waals surface area contributed by atoms with E-state index in [1.165, 1.54) is 0 Å².